The Labute approximate surface area is 117 Å². The molecule has 1 fully saturated rings. The molecule has 1 aromatic heterocycles. The highest BCUT2D eigenvalue weighted by Gasteiger charge is 2.21. The van der Waals surface area contributed by atoms with Gasteiger partial charge in [0.25, 0.3) is 5.91 Å². The fraction of sp³-hybridized carbons (Fsp3) is 0.643. The van der Waals surface area contributed by atoms with Crippen LogP contribution in [0.15, 0.2) is 4.52 Å². The molecular weight excluding hydrogens is 260 g/mol. The van der Waals surface area contributed by atoms with E-state index in [4.69, 9.17) is 9.26 Å². The Balaban J connectivity index is 1.79. The molecule has 6 nitrogen and oxygen atoms in total. The summed E-state index contributed by atoms with van der Waals surface area (Å²) in [4.78, 5) is 23.6. The number of hydrogen-bond acceptors (Lipinski definition) is 5. The third kappa shape index (κ3) is 3.59. The molecule has 6 heteroatoms. The molecule has 0 aromatic carbocycles. The minimum atomic E-state index is -0.569. The first-order valence-electron chi connectivity index (χ1n) is 6.97. The number of esters is 1. The number of aryl methyl sites for hydroxylation is 2. The summed E-state index contributed by atoms with van der Waals surface area (Å²) in [5.74, 6) is -0.419. The predicted molar refractivity (Wildman–Crippen MR) is 71.3 cm³/mol. The monoisotopic (exact) mass is 280 g/mol. The van der Waals surface area contributed by atoms with E-state index in [0.717, 1.165) is 25.7 Å². The summed E-state index contributed by atoms with van der Waals surface area (Å²) < 4.78 is 9.89. The van der Waals surface area contributed by atoms with Gasteiger partial charge in [-0.2, -0.15) is 0 Å². The third-order valence-electron chi connectivity index (χ3n) is 3.54. The fourth-order valence-corrected chi connectivity index (χ4v) is 2.49. The second kappa shape index (κ2) is 6.54. The molecule has 20 heavy (non-hydrogen) atoms. The van der Waals surface area contributed by atoms with E-state index < -0.39 is 5.97 Å². The highest BCUT2D eigenvalue weighted by atomic mass is 16.5. The van der Waals surface area contributed by atoms with Gasteiger partial charge in [0.15, 0.2) is 6.61 Å². The van der Waals surface area contributed by atoms with Gasteiger partial charge < -0.3 is 14.6 Å². The molecule has 1 N–H and O–H groups in total. The van der Waals surface area contributed by atoms with Crippen LogP contribution in [0.3, 0.4) is 0 Å². The Morgan fingerprint density at radius 1 is 1.30 bits per heavy atom. The van der Waals surface area contributed by atoms with Crippen molar-refractivity contribution in [1.29, 1.82) is 0 Å². The van der Waals surface area contributed by atoms with Crippen molar-refractivity contribution < 1.29 is 18.8 Å². The zero-order valence-corrected chi connectivity index (χ0v) is 11.9. The lowest BCUT2D eigenvalue weighted by Crippen LogP contribution is -2.38. The van der Waals surface area contributed by atoms with E-state index in [1.165, 1.54) is 6.42 Å². The normalized spacial score (nSPS) is 15.9. The van der Waals surface area contributed by atoms with Crippen LogP contribution < -0.4 is 5.32 Å². The van der Waals surface area contributed by atoms with Crippen molar-refractivity contribution in [2.24, 2.45) is 0 Å². The molecule has 110 valence electrons. The fourth-order valence-electron chi connectivity index (χ4n) is 2.49. The average molecular weight is 280 g/mol. The Hall–Kier alpha value is -1.85. The summed E-state index contributed by atoms with van der Waals surface area (Å²) in [5, 5.41) is 6.58. The van der Waals surface area contributed by atoms with Crippen molar-refractivity contribution in [3.63, 3.8) is 0 Å². The molecule has 1 aliphatic carbocycles. The van der Waals surface area contributed by atoms with Gasteiger partial charge in [0.05, 0.1) is 5.69 Å². The van der Waals surface area contributed by atoms with Gasteiger partial charge in [-0.15, -0.1) is 0 Å². The molecule has 0 saturated heterocycles. The molecule has 0 spiro atoms. The molecule has 0 atom stereocenters. The van der Waals surface area contributed by atoms with Gasteiger partial charge in [0, 0.05) is 6.04 Å². The number of amides is 1. The molecule has 0 aliphatic heterocycles. The smallest absolute Gasteiger partial charge is 0.344 e. The van der Waals surface area contributed by atoms with Crippen LogP contribution in [-0.4, -0.2) is 29.7 Å². The number of carbonyl (C=O) groups excluding carboxylic acids is 2. The highest BCUT2D eigenvalue weighted by molar-refractivity contribution is 5.93. The first kappa shape index (κ1) is 14.6. The van der Waals surface area contributed by atoms with Crippen molar-refractivity contribution in [2.45, 2.75) is 52.0 Å². The van der Waals surface area contributed by atoms with E-state index in [-0.39, 0.29) is 18.6 Å². The Morgan fingerprint density at radius 3 is 2.60 bits per heavy atom. The van der Waals surface area contributed by atoms with Crippen LogP contribution in [0.25, 0.3) is 0 Å². The van der Waals surface area contributed by atoms with E-state index in [1.807, 2.05) is 0 Å². The SMILES string of the molecule is Cc1noc(C)c1C(=O)OCC(=O)NC1CCCCC1. The molecule has 1 aliphatic rings. The number of ether oxygens (including phenoxy) is 1. The van der Waals surface area contributed by atoms with E-state index in [1.54, 1.807) is 13.8 Å². The van der Waals surface area contributed by atoms with Crippen LogP contribution in [0.1, 0.15) is 53.9 Å². The van der Waals surface area contributed by atoms with Crippen molar-refractivity contribution in [3.05, 3.63) is 17.0 Å². The highest BCUT2D eigenvalue weighted by Crippen LogP contribution is 2.17. The maximum Gasteiger partial charge on any atom is 0.344 e. The average Bonchev–Trinajstić information content (AvgIpc) is 2.77. The number of aromatic nitrogens is 1. The van der Waals surface area contributed by atoms with Gasteiger partial charge in [0.1, 0.15) is 11.3 Å². The summed E-state index contributed by atoms with van der Waals surface area (Å²) in [6, 6.07) is 0.217. The zero-order valence-electron chi connectivity index (χ0n) is 11.9. The minimum absolute atomic E-state index is 0.217. The van der Waals surface area contributed by atoms with Crippen molar-refractivity contribution in [3.8, 4) is 0 Å². The number of hydrogen-bond donors (Lipinski definition) is 1. The maximum absolute atomic E-state index is 11.8. The van der Waals surface area contributed by atoms with E-state index in [2.05, 4.69) is 10.5 Å². The lowest BCUT2D eigenvalue weighted by Gasteiger charge is -2.22. The van der Waals surface area contributed by atoms with E-state index in [0.29, 0.717) is 17.0 Å². The van der Waals surface area contributed by atoms with Crippen LogP contribution in [0.4, 0.5) is 0 Å². The molecule has 1 amide bonds. The lowest BCUT2D eigenvalue weighted by molar-refractivity contribution is -0.125. The van der Waals surface area contributed by atoms with Gasteiger partial charge in [-0.25, -0.2) is 4.79 Å². The quantitative estimate of drug-likeness (QED) is 0.852. The molecular formula is C14H20N2O4. The van der Waals surface area contributed by atoms with E-state index >= 15 is 0 Å². The molecule has 0 radical (unpaired) electrons. The summed E-state index contributed by atoms with van der Waals surface area (Å²) in [6.45, 7) is 3.03. The van der Waals surface area contributed by atoms with Crippen LogP contribution >= 0.6 is 0 Å². The summed E-state index contributed by atoms with van der Waals surface area (Å²) in [5.41, 5.74) is 0.774. The number of rotatable bonds is 4. The van der Waals surface area contributed by atoms with Crippen LogP contribution in [-0.2, 0) is 9.53 Å². The van der Waals surface area contributed by atoms with Gasteiger partial charge in [0.2, 0.25) is 0 Å². The Bertz CT molecular complexity index is 470. The summed E-state index contributed by atoms with van der Waals surface area (Å²) in [6.07, 6.45) is 5.52. The molecule has 0 unspecified atom stereocenters. The standard InChI is InChI=1S/C14H20N2O4/c1-9-13(10(2)20-16-9)14(18)19-8-12(17)15-11-6-4-3-5-7-11/h11H,3-8H2,1-2H3,(H,15,17). The molecule has 2 rings (SSSR count). The second-order valence-electron chi connectivity index (χ2n) is 5.18. The Kier molecular flexibility index (Phi) is 4.76. The molecule has 1 heterocycles. The minimum Gasteiger partial charge on any atom is -0.452 e. The number of nitrogens with one attached hydrogen (secondary N) is 1. The maximum atomic E-state index is 11.8. The van der Waals surface area contributed by atoms with E-state index in [9.17, 15) is 9.59 Å². The first-order chi connectivity index (χ1) is 9.58. The third-order valence-corrected chi connectivity index (χ3v) is 3.54. The topological polar surface area (TPSA) is 81.4 Å². The van der Waals surface area contributed by atoms with Crippen LogP contribution in [0, 0.1) is 13.8 Å². The second-order valence-corrected chi connectivity index (χ2v) is 5.18. The van der Waals surface area contributed by atoms with Crippen LogP contribution in [0.2, 0.25) is 0 Å². The van der Waals surface area contributed by atoms with Gasteiger partial charge in [-0.3, -0.25) is 4.79 Å². The van der Waals surface area contributed by atoms with Gasteiger partial charge in [-0.1, -0.05) is 24.4 Å². The van der Waals surface area contributed by atoms with Crippen LogP contribution in [0.5, 0.6) is 0 Å². The Morgan fingerprint density at radius 2 is 2.00 bits per heavy atom. The predicted octanol–water partition coefficient (Wildman–Crippen LogP) is 1.90. The molecule has 1 aromatic rings. The van der Waals surface area contributed by atoms with Gasteiger partial charge in [-0.05, 0) is 26.7 Å². The first-order valence-corrected chi connectivity index (χ1v) is 6.97. The summed E-state index contributed by atoms with van der Waals surface area (Å²) in [7, 11) is 0. The number of carbonyl (C=O) groups is 2. The van der Waals surface area contributed by atoms with Crippen molar-refractivity contribution >= 4 is 11.9 Å². The largest absolute Gasteiger partial charge is 0.452 e. The van der Waals surface area contributed by atoms with Crippen molar-refractivity contribution in [1.82, 2.24) is 10.5 Å². The number of nitrogens with zero attached hydrogens (tertiary/aromatic N) is 1. The molecule has 0 bridgehead atoms. The lowest BCUT2D eigenvalue weighted by atomic mass is 9.95. The summed E-state index contributed by atoms with van der Waals surface area (Å²) >= 11 is 0. The van der Waals surface area contributed by atoms with Crippen molar-refractivity contribution in [2.75, 3.05) is 6.61 Å². The molecule has 1 saturated carbocycles. The zero-order chi connectivity index (χ0) is 14.5. The van der Waals surface area contributed by atoms with Gasteiger partial charge >= 0.3 is 5.97 Å².